The Bertz CT molecular complexity index is 1110. The van der Waals surface area contributed by atoms with E-state index in [-0.39, 0.29) is 11.7 Å². The number of thioether (sulfide) groups is 1. The molecule has 4 rings (SSSR count). The van der Waals surface area contributed by atoms with Crippen LogP contribution in [0.15, 0.2) is 53.5 Å². The third-order valence-electron chi connectivity index (χ3n) is 4.07. The number of nitrogens with one attached hydrogen (secondary N) is 1. The fourth-order valence-corrected chi connectivity index (χ4v) is 4.25. The molecule has 0 aliphatic rings. The second kappa shape index (κ2) is 8.76. The highest BCUT2D eigenvalue weighted by atomic mass is 35.5. The number of benzene rings is 1. The maximum Gasteiger partial charge on any atom is 0.234 e. The van der Waals surface area contributed by atoms with Crippen LogP contribution in [0.4, 0.5) is 5.69 Å². The summed E-state index contributed by atoms with van der Waals surface area (Å²) in [5.74, 6) is 0.869. The van der Waals surface area contributed by atoms with Gasteiger partial charge in [0.15, 0.2) is 5.16 Å². The number of rotatable bonds is 7. The molecule has 1 amide bonds. The van der Waals surface area contributed by atoms with Gasteiger partial charge in [-0.3, -0.25) is 4.79 Å². The average molecular weight is 446 g/mol. The molecule has 3 heterocycles. The highest BCUT2D eigenvalue weighted by Gasteiger charge is 2.14. The molecule has 0 aliphatic carbocycles. The maximum absolute atomic E-state index is 12.5. The van der Waals surface area contributed by atoms with E-state index in [0.717, 1.165) is 12.2 Å². The normalized spacial score (nSPS) is 11.0. The van der Waals surface area contributed by atoms with Crippen molar-refractivity contribution in [3.05, 3.63) is 64.1 Å². The Labute approximate surface area is 179 Å². The van der Waals surface area contributed by atoms with E-state index in [1.807, 2.05) is 23.1 Å². The lowest BCUT2D eigenvalue weighted by Gasteiger charge is -2.11. The van der Waals surface area contributed by atoms with Gasteiger partial charge < -0.3 is 9.88 Å². The van der Waals surface area contributed by atoms with Crippen LogP contribution in [0.5, 0.6) is 0 Å². The Balaban J connectivity index is 1.41. The molecule has 1 N–H and O–H groups in total. The van der Waals surface area contributed by atoms with E-state index in [9.17, 15) is 4.79 Å². The lowest BCUT2D eigenvalue weighted by atomic mass is 10.2. The topological polar surface area (TPSA) is 90.5 Å². The number of nitrogens with zero attached hydrogens (tertiary/aromatic N) is 6. The lowest BCUT2D eigenvalue weighted by molar-refractivity contribution is -0.113. The van der Waals surface area contributed by atoms with E-state index >= 15 is 0 Å². The number of carbonyl (C=O) groups excluding carboxylic acids is 1. The van der Waals surface area contributed by atoms with E-state index in [1.165, 1.54) is 23.0 Å². The number of halogens is 1. The second-order valence-corrected chi connectivity index (χ2v) is 8.46. The first-order valence-electron chi connectivity index (χ1n) is 8.58. The highest BCUT2D eigenvalue weighted by molar-refractivity contribution is 7.99. The summed E-state index contributed by atoms with van der Waals surface area (Å²) >= 11 is 9.10. The van der Waals surface area contributed by atoms with Gasteiger partial charge in [-0.2, -0.15) is 5.10 Å². The number of hydrogen-bond donors (Lipinski definition) is 1. The largest absolute Gasteiger partial charge is 0.323 e. The molecule has 0 aliphatic heterocycles. The summed E-state index contributed by atoms with van der Waals surface area (Å²) in [7, 11) is 1.91. The molecule has 11 heteroatoms. The van der Waals surface area contributed by atoms with Gasteiger partial charge in [-0.25, -0.2) is 9.67 Å². The van der Waals surface area contributed by atoms with Gasteiger partial charge in [0.05, 0.1) is 17.1 Å². The van der Waals surface area contributed by atoms with Gasteiger partial charge in [-0.15, -0.1) is 21.5 Å². The molecule has 0 bridgehead atoms. The first-order chi connectivity index (χ1) is 14.1. The molecular formula is C18H16ClN7OS2. The van der Waals surface area contributed by atoms with Crippen molar-refractivity contribution in [3.63, 3.8) is 0 Å². The van der Waals surface area contributed by atoms with E-state index in [4.69, 9.17) is 11.6 Å². The molecule has 1 aromatic carbocycles. The molecule has 8 nitrogen and oxygen atoms in total. The Morgan fingerprint density at radius 3 is 2.97 bits per heavy atom. The summed E-state index contributed by atoms with van der Waals surface area (Å²) in [4.78, 5) is 17.7. The van der Waals surface area contributed by atoms with Gasteiger partial charge >= 0.3 is 0 Å². The molecule has 0 saturated heterocycles. The minimum atomic E-state index is -0.179. The summed E-state index contributed by atoms with van der Waals surface area (Å²) in [6, 6.07) is 9.27. The van der Waals surface area contributed by atoms with Crippen molar-refractivity contribution in [2.75, 3.05) is 11.1 Å². The summed E-state index contributed by atoms with van der Waals surface area (Å²) in [6.45, 7) is 0. The van der Waals surface area contributed by atoms with E-state index in [2.05, 4.69) is 31.7 Å². The van der Waals surface area contributed by atoms with E-state index in [1.54, 1.807) is 40.5 Å². The summed E-state index contributed by atoms with van der Waals surface area (Å²) in [5.41, 5.74) is 1.24. The third-order valence-corrected chi connectivity index (χ3v) is 6.20. The molecule has 0 fully saturated rings. The van der Waals surface area contributed by atoms with Gasteiger partial charge in [0.25, 0.3) is 0 Å². The van der Waals surface area contributed by atoms with Gasteiger partial charge in [0.2, 0.25) is 5.91 Å². The molecule has 3 aromatic heterocycles. The van der Waals surface area contributed by atoms with Crippen LogP contribution in [0.25, 0.3) is 5.69 Å². The van der Waals surface area contributed by atoms with E-state index in [0.29, 0.717) is 21.6 Å². The monoisotopic (exact) mass is 445 g/mol. The molecule has 0 spiro atoms. The summed E-state index contributed by atoms with van der Waals surface area (Å²) in [6.07, 6.45) is 3.71. The minimum absolute atomic E-state index is 0.179. The SMILES string of the molecule is Cn1c(Cc2cccs2)nnc1SCC(=O)Nc1cc(Cl)ccc1-n1cncn1. The van der Waals surface area contributed by atoms with E-state index < -0.39 is 0 Å². The van der Waals surface area contributed by atoms with Gasteiger partial charge in [-0.05, 0) is 29.6 Å². The third kappa shape index (κ3) is 4.66. The fraction of sp³-hybridized carbons (Fsp3) is 0.167. The predicted octanol–water partition coefficient (Wildman–Crippen LogP) is 3.43. The minimum Gasteiger partial charge on any atom is -0.323 e. The van der Waals surface area contributed by atoms with Crippen molar-refractivity contribution in [1.82, 2.24) is 29.5 Å². The highest BCUT2D eigenvalue weighted by Crippen LogP contribution is 2.25. The van der Waals surface area contributed by atoms with Gasteiger partial charge in [-0.1, -0.05) is 29.4 Å². The van der Waals surface area contributed by atoms with Crippen LogP contribution in [-0.4, -0.2) is 41.2 Å². The Morgan fingerprint density at radius 2 is 2.21 bits per heavy atom. The molecule has 0 atom stereocenters. The van der Waals surface area contributed by atoms with Crippen molar-refractivity contribution in [3.8, 4) is 5.69 Å². The van der Waals surface area contributed by atoms with Crippen LogP contribution in [0.2, 0.25) is 5.02 Å². The van der Waals surface area contributed by atoms with Crippen molar-refractivity contribution >= 4 is 46.3 Å². The molecular weight excluding hydrogens is 430 g/mol. The maximum atomic E-state index is 12.5. The molecule has 4 aromatic rings. The zero-order valence-electron chi connectivity index (χ0n) is 15.3. The molecule has 29 heavy (non-hydrogen) atoms. The number of aromatic nitrogens is 6. The predicted molar refractivity (Wildman–Crippen MR) is 114 cm³/mol. The summed E-state index contributed by atoms with van der Waals surface area (Å²) in [5, 5.41) is 18.7. The number of thiophene rings is 1. The molecule has 0 saturated carbocycles. The number of carbonyl (C=O) groups is 1. The zero-order valence-corrected chi connectivity index (χ0v) is 17.7. The Hall–Kier alpha value is -2.69. The van der Waals surface area contributed by atoms with Crippen molar-refractivity contribution in [2.24, 2.45) is 7.05 Å². The fourth-order valence-electron chi connectivity index (χ4n) is 2.65. The first-order valence-corrected chi connectivity index (χ1v) is 10.8. The number of hydrogen-bond acceptors (Lipinski definition) is 7. The van der Waals surface area contributed by atoms with Crippen molar-refractivity contribution < 1.29 is 4.79 Å². The number of anilines is 1. The summed E-state index contributed by atoms with van der Waals surface area (Å²) < 4.78 is 3.48. The quantitative estimate of drug-likeness (QED) is 0.438. The molecule has 0 unspecified atom stereocenters. The molecule has 0 radical (unpaired) electrons. The number of amides is 1. The van der Waals surface area contributed by atoms with Crippen LogP contribution < -0.4 is 5.32 Å². The van der Waals surface area contributed by atoms with Crippen molar-refractivity contribution in [2.45, 2.75) is 11.6 Å². The van der Waals surface area contributed by atoms with Gasteiger partial charge in [0, 0.05) is 23.4 Å². The van der Waals surface area contributed by atoms with Crippen LogP contribution in [0.3, 0.4) is 0 Å². The van der Waals surface area contributed by atoms with Crippen LogP contribution in [0, 0.1) is 0 Å². The smallest absolute Gasteiger partial charge is 0.234 e. The van der Waals surface area contributed by atoms with Crippen LogP contribution >= 0.6 is 34.7 Å². The van der Waals surface area contributed by atoms with Gasteiger partial charge in [0.1, 0.15) is 18.5 Å². The first kappa shape index (κ1) is 19.6. The standard InChI is InChI=1S/C18H16ClN7OS2/c1-25-16(8-13-3-2-6-28-13)23-24-18(25)29-9-17(27)22-14-7-12(19)4-5-15(14)26-11-20-10-21-26/h2-7,10-11H,8-9H2,1H3,(H,22,27). The molecule has 148 valence electrons. The Morgan fingerprint density at radius 1 is 1.31 bits per heavy atom. The second-order valence-electron chi connectivity index (χ2n) is 6.05. The van der Waals surface area contributed by atoms with Crippen molar-refractivity contribution in [1.29, 1.82) is 0 Å². The Kier molecular flexibility index (Phi) is 5.93. The lowest BCUT2D eigenvalue weighted by Crippen LogP contribution is -2.16. The zero-order chi connectivity index (χ0) is 20.2. The van der Waals surface area contributed by atoms with Crippen LogP contribution in [-0.2, 0) is 18.3 Å². The van der Waals surface area contributed by atoms with Crippen LogP contribution in [0.1, 0.15) is 10.7 Å². The average Bonchev–Trinajstić information content (AvgIpc) is 3.45.